The van der Waals surface area contributed by atoms with Crippen LogP contribution in [-0.2, 0) is 19.1 Å². The summed E-state index contributed by atoms with van der Waals surface area (Å²) in [6.07, 6.45) is 0.588. The quantitative estimate of drug-likeness (QED) is 0.419. The zero-order valence-electron chi connectivity index (χ0n) is 16.0. The second-order valence-electron chi connectivity index (χ2n) is 5.62. The highest BCUT2D eigenvalue weighted by atomic mass is 35.5. The molecule has 0 bridgehead atoms. The molecule has 30 heavy (non-hydrogen) atoms. The lowest BCUT2D eigenvalue weighted by molar-refractivity contribution is -0.139. The highest BCUT2D eigenvalue weighted by Gasteiger charge is 2.21. The number of hydrogen-bond acceptors (Lipinski definition) is 8. The molecular weight excluding hydrogens is 475 g/mol. The maximum absolute atomic E-state index is 11.4. The number of nitrogens with zero attached hydrogens (tertiary/aromatic N) is 1. The fraction of sp³-hybridized carbons (Fsp3) is 0.222. The van der Waals surface area contributed by atoms with Crippen molar-refractivity contribution in [2.75, 3.05) is 25.7 Å². The zero-order valence-corrected chi connectivity index (χ0v) is 19.1. The first-order chi connectivity index (χ1) is 14.2. The predicted octanol–water partition coefficient (Wildman–Crippen LogP) is 4.41. The molecule has 0 saturated carbocycles. The van der Waals surface area contributed by atoms with Gasteiger partial charge in [-0.3, -0.25) is 19.3 Å². The fourth-order valence-corrected chi connectivity index (χ4v) is 4.65. The topological polar surface area (TPSA) is 106 Å². The Balaban J connectivity index is 0.000000220. The molecule has 3 rings (SSSR count). The van der Waals surface area contributed by atoms with Gasteiger partial charge in [-0.15, -0.1) is 22.7 Å². The maximum atomic E-state index is 11.4. The molecule has 12 heteroatoms. The monoisotopic (exact) mass is 490 g/mol. The Bertz CT molecular complexity index is 1060. The van der Waals surface area contributed by atoms with Crippen LogP contribution in [0.25, 0.3) is 10.2 Å². The number of fused-ring (bicyclic) bond motifs is 1. The molecule has 0 aliphatic carbocycles. The van der Waals surface area contributed by atoms with Gasteiger partial charge in [0.25, 0.3) is 0 Å². The maximum Gasteiger partial charge on any atom is 0.354 e. The number of thiophene rings is 2. The SMILES string of the molecule is COC(=O)CN(C(C)=O)c1sc(Cl)cc1C=O.COC(=O)c1cc2cc(Cl)sc2[nH]1. The van der Waals surface area contributed by atoms with Crippen molar-refractivity contribution in [3.05, 3.63) is 38.1 Å². The molecule has 0 fully saturated rings. The number of rotatable bonds is 5. The third kappa shape index (κ3) is 5.82. The predicted molar refractivity (Wildman–Crippen MR) is 117 cm³/mol. The number of esters is 2. The van der Waals surface area contributed by atoms with E-state index in [9.17, 15) is 19.2 Å². The average Bonchev–Trinajstić information content (AvgIpc) is 3.37. The number of aromatic nitrogens is 1. The van der Waals surface area contributed by atoms with Gasteiger partial charge < -0.3 is 14.5 Å². The van der Waals surface area contributed by atoms with Gasteiger partial charge in [-0.2, -0.15) is 0 Å². The lowest BCUT2D eigenvalue weighted by atomic mass is 10.3. The number of carbonyl (C=O) groups is 4. The van der Waals surface area contributed by atoms with Gasteiger partial charge in [0, 0.05) is 12.3 Å². The van der Waals surface area contributed by atoms with Crippen LogP contribution in [0.4, 0.5) is 5.00 Å². The molecule has 160 valence electrons. The lowest BCUT2D eigenvalue weighted by Gasteiger charge is -2.18. The number of ether oxygens (including phenoxy) is 2. The third-order valence-electron chi connectivity index (χ3n) is 3.66. The third-order valence-corrected chi connectivity index (χ3v) is 6.16. The number of carbonyl (C=O) groups excluding carboxylic acids is 4. The molecule has 8 nitrogen and oxygen atoms in total. The second kappa shape index (κ2) is 10.6. The Morgan fingerprint density at radius 2 is 1.77 bits per heavy atom. The first-order valence-electron chi connectivity index (χ1n) is 8.16. The molecule has 0 spiro atoms. The highest BCUT2D eigenvalue weighted by Crippen LogP contribution is 2.34. The van der Waals surface area contributed by atoms with Crippen LogP contribution in [0.1, 0.15) is 27.8 Å². The molecule has 0 aromatic carbocycles. The van der Waals surface area contributed by atoms with Crippen molar-refractivity contribution in [2.45, 2.75) is 6.92 Å². The van der Waals surface area contributed by atoms with Crippen molar-refractivity contribution >= 4 is 85.2 Å². The molecule has 0 atom stereocenters. The first-order valence-corrected chi connectivity index (χ1v) is 10.5. The van der Waals surface area contributed by atoms with Gasteiger partial charge >= 0.3 is 11.9 Å². The Morgan fingerprint density at radius 1 is 1.10 bits per heavy atom. The van der Waals surface area contributed by atoms with Crippen LogP contribution in [0.3, 0.4) is 0 Å². The highest BCUT2D eigenvalue weighted by molar-refractivity contribution is 7.22. The number of methoxy groups -OCH3 is 2. The molecular formula is C18H16Cl2N2O6S2. The summed E-state index contributed by atoms with van der Waals surface area (Å²) in [5.74, 6) is -1.29. The van der Waals surface area contributed by atoms with Gasteiger partial charge in [0.2, 0.25) is 5.91 Å². The van der Waals surface area contributed by atoms with E-state index in [1.165, 1.54) is 38.5 Å². The number of nitrogens with one attached hydrogen (secondary N) is 1. The minimum atomic E-state index is -0.568. The van der Waals surface area contributed by atoms with Crippen molar-refractivity contribution in [3.63, 3.8) is 0 Å². The van der Waals surface area contributed by atoms with Crippen LogP contribution in [0.2, 0.25) is 8.67 Å². The number of halogens is 2. The number of H-pyrrole nitrogens is 1. The van der Waals surface area contributed by atoms with Gasteiger partial charge in [0.1, 0.15) is 22.1 Å². The van der Waals surface area contributed by atoms with E-state index in [1.54, 1.807) is 6.07 Å². The Hall–Kier alpha value is -2.40. The summed E-state index contributed by atoms with van der Waals surface area (Å²) in [7, 11) is 2.58. The second-order valence-corrected chi connectivity index (χ2v) is 8.97. The Kier molecular flexibility index (Phi) is 8.42. The average molecular weight is 491 g/mol. The first kappa shape index (κ1) is 23.9. The molecule has 0 radical (unpaired) electrons. The molecule has 1 amide bonds. The number of hydrogen-bond donors (Lipinski definition) is 1. The number of amides is 1. The lowest BCUT2D eigenvalue weighted by Crippen LogP contribution is -2.34. The van der Waals surface area contributed by atoms with Gasteiger partial charge in [-0.25, -0.2) is 4.79 Å². The minimum Gasteiger partial charge on any atom is -0.468 e. The van der Waals surface area contributed by atoms with Gasteiger partial charge in [0.05, 0.1) is 28.5 Å². The molecule has 3 aromatic heterocycles. The van der Waals surface area contributed by atoms with Crippen LogP contribution in [0.15, 0.2) is 18.2 Å². The molecule has 0 aliphatic rings. The number of aromatic amines is 1. The van der Waals surface area contributed by atoms with E-state index in [4.69, 9.17) is 23.2 Å². The molecule has 3 heterocycles. The summed E-state index contributed by atoms with van der Waals surface area (Å²) in [6, 6.07) is 4.98. The molecule has 3 aromatic rings. The number of anilines is 1. The summed E-state index contributed by atoms with van der Waals surface area (Å²) in [6.45, 7) is 1.05. The van der Waals surface area contributed by atoms with Crippen molar-refractivity contribution in [2.24, 2.45) is 0 Å². The van der Waals surface area contributed by atoms with E-state index >= 15 is 0 Å². The van der Waals surface area contributed by atoms with E-state index in [1.807, 2.05) is 6.07 Å². The van der Waals surface area contributed by atoms with Crippen molar-refractivity contribution in [1.29, 1.82) is 0 Å². The summed E-state index contributed by atoms with van der Waals surface area (Å²) in [4.78, 5) is 49.5. The van der Waals surface area contributed by atoms with E-state index in [2.05, 4.69) is 14.5 Å². The smallest absolute Gasteiger partial charge is 0.354 e. The van der Waals surface area contributed by atoms with Gasteiger partial charge in [-0.05, 0) is 18.2 Å². The Labute approximate surface area is 189 Å². The normalized spacial score (nSPS) is 10.2. The van der Waals surface area contributed by atoms with Crippen LogP contribution in [0.5, 0.6) is 0 Å². The number of aldehydes is 1. The summed E-state index contributed by atoms with van der Waals surface area (Å²) < 4.78 is 10.1. The minimum absolute atomic E-state index is 0.247. The van der Waals surface area contributed by atoms with Gasteiger partial charge in [0.15, 0.2) is 6.29 Å². The van der Waals surface area contributed by atoms with Crippen LogP contribution >= 0.6 is 45.9 Å². The van der Waals surface area contributed by atoms with Crippen LogP contribution < -0.4 is 4.90 Å². The Morgan fingerprint density at radius 3 is 2.30 bits per heavy atom. The van der Waals surface area contributed by atoms with E-state index < -0.39 is 5.97 Å². The fourth-order valence-electron chi connectivity index (χ4n) is 2.29. The van der Waals surface area contributed by atoms with Crippen molar-refractivity contribution in [3.8, 4) is 0 Å². The summed E-state index contributed by atoms with van der Waals surface area (Å²) in [5, 5.41) is 1.29. The summed E-state index contributed by atoms with van der Waals surface area (Å²) in [5.41, 5.74) is 0.736. The van der Waals surface area contributed by atoms with Gasteiger partial charge in [-0.1, -0.05) is 23.2 Å². The standard InChI is InChI=1S/C10H10ClNO4S.C8H6ClNO2S/c1-6(14)12(4-9(15)16-2)10-7(5-13)3-8(11)17-10;1-12-8(11)5-2-4-3-6(9)13-7(4)10-5/h3,5H,4H2,1-2H3;2-3,10H,1H3. The van der Waals surface area contributed by atoms with Crippen LogP contribution in [-0.4, -0.2) is 49.9 Å². The zero-order chi connectivity index (χ0) is 22.4. The van der Waals surface area contributed by atoms with E-state index in [-0.39, 0.29) is 24.0 Å². The molecule has 0 saturated heterocycles. The molecule has 1 N–H and O–H groups in total. The van der Waals surface area contributed by atoms with Crippen molar-refractivity contribution < 1.29 is 28.7 Å². The summed E-state index contributed by atoms with van der Waals surface area (Å²) >= 11 is 14.0. The molecule has 0 unspecified atom stereocenters. The van der Waals surface area contributed by atoms with E-state index in [0.29, 0.717) is 25.7 Å². The molecule has 0 aliphatic heterocycles. The largest absolute Gasteiger partial charge is 0.468 e. The van der Waals surface area contributed by atoms with E-state index in [0.717, 1.165) is 26.5 Å². The van der Waals surface area contributed by atoms with Crippen molar-refractivity contribution in [1.82, 2.24) is 4.98 Å². The van der Waals surface area contributed by atoms with Crippen LogP contribution in [0, 0.1) is 0 Å².